The molecule has 0 fully saturated rings. The number of halogens is 1. The van der Waals surface area contributed by atoms with Crippen molar-refractivity contribution in [2.24, 2.45) is 0 Å². The van der Waals surface area contributed by atoms with E-state index in [1.807, 2.05) is 24.3 Å². The molecule has 3 aromatic rings. The molecule has 0 saturated heterocycles. The van der Waals surface area contributed by atoms with Crippen LogP contribution in [0.15, 0.2) is 28.9 Å². The lowest BCUT2D eigenvalue weighted by Crippen LogP contribution is -2.49. The van der Waals surface area contributed by atoms with Gasteiger partial charge in [0.25, 0.3) is 5.91 Å². The quantitative estimate of drug-likeness (QED) is 0.282. The van der Waals surface area contributed by atoms with Gasteiger partial charge in [0.05, 0.1) is 23.8 Å². The molecule has 35 heavy (non-hydrogen) atoms. The van der Waals surface area contributed by atoms with Crippen molar-refractivity contribution >= 4 is 72.0 Å². The minimum Gasteiger partial charge on any atom is -0.443 e. The van der Waals surface area contributed by atoms with E-state index in [0.717, 1.165) is 20.4 Å². The van der Waals surface area contributed by atoms with Gasteiger partial charge in [-0.25, -0.2) is 19.5 Å². The van der Waals surface area contributed by atoms with Crippen LogP contribution in [-0.4, -0.2) is 51.8 Å². The van der Waals surface area contributed by atoms with Crippen LogP contribution in [0.3, 0.4) is 0 Å². The van der Waals surface area contributed by atoms with E-state index in [1.54, 1.807) is 48.5 Å². The Morgan fingerprint density at radius 3 is 2.29 bits per heavy atom. The summed E-state index contributed by atoms with van der Waals surface area (Å²) in [5.41, 5.74) is -0.392. The van der Waals surface area contributed by atoms with Crippen molar-refractivity contribution in [2.75, 3.05) is 11.4 Å². The summed E-state index contributed by atoms with van der Waals surface area (Å²) >= 11 is 4.64. The number of thiophene rings is 1. The van der Waals surface area contributed by atoms with E-state index in [0.29, 0.717) is 15.8 Å². The van der Waals surface area contributed by atoms with Gasteiger partial charge in [0.2, 0.25) is 0 Å². The molecule has 1 atom stereocenters. The second-order valence-corrected chi connectivity index (χ2v) is 12.4. The normalized spacial score (nSPS) is 16.9. The van der Waals surface area contributed by atoms with Crippen molar-refractivity contribution in [3.8, 4) is 0 Å². The van der Waals surface area contributed by atoms with E-state index in [9.17, 15) is 14.4 Å². The first-order valence-electron chi connectivity index (χ1n) is 11.2. The molecule has 0 spiro atoms. The molecule has 0 radical (unpaired) electrons. The van der Waals surface area contributed by atoms with E-state index in [1.165, 1.54) is 16.2 Å². The van der Waals surface area contributed by atoms with E-state index < -0.39 is 35.3 Å². The van der Waals surface area contributed by atoms with Crippen LogP contribution >= 0.6 is 27.3 Å². The standard InChI is InChI=1S/C25H28BrN3O5S/c1-13-12-28(22(31)33-24(2,3)4)19-18-14-8-11-17(26)27-15(14)9-10-16(18)35-20(19)21(30)29(13)23(32)34-25(5,6)7/h8-11,13H,12H2,1-7H3. The monoisotopic (exact) mass is 561 g/mol. The highest BCUT2D eigenvalue weighted by molar-refractivity contribution is 9.10. The number of amides is 3. The molecule has 0 aliphatic carbocycles. The zero-order valence-electron chi connectivity index (χ0n) is 20.8. The molecule has 1 aromatic carbocycles. The highest BCUT2D eigenvalue weighted by atomic mass is 79.9. The average Bonchev–Trinajstić information content (AvgIpc) is 3.04. The molecule has 3 heterocycles. The number of hydrogen-bond donors (Lipinski definition) is 0. The molecular formula is C25H28BrN3O5S. The van der Waals surface area contributed by atoms with Gasteiger partial charge in [0.1, 0.15) is 20.7 Å². The Labute approximate surface area is 216 Å². The molecule has 10 heteroatoms. The van der Waals surface area contributed by atoms with Gasteiger partial charge in [-0.3, -0.25) is 9.69 Å². The Morgan fingerprint density at radius 1 is 1.03 bits per heavy atom. The number of anilines is 1. The second kappa shape index (κ2) is 8.74. The number of carbonyl (C=O) groups excluding carboxylic acids is 3. The van der Waals surface area contributed by atoms with Crippen molar-refractivity contribution in [1.29, 1.82) is 0 Å². The first kappa shape index (κ1) is 25.4. The summed E-state index contributed by atoms with van der Waals surface area (Å²) in [6.45, 7) is 12.4. The zero-order valence-corrected chi connectivity index (χ0v) is 23.2. The van der Waals surface area contributed by atoms with Gasteiger partial charge in [0.15, 0.2) is 0 Å². The number of pyridine rings is 1. The molecule has 0 saturated carbocycles. The molecule has 3 amide bonds. The van der Waals surface area contributed by atoms with Crippen LogP contribution in [0.5, 0.6) is 0 Å². The van der Waals surface area contributed by atoms with Crippen molar-refractivity contribution in [2.45, 2.75) is 65.7 Å². The Hall–Kier alpha value is -2.72. The molecule has 0 N–H and O–H groups in total. The number of aromatic nitrogens is 1. The van der Waals surface area contributed by atoms with Gasteiger partial charge < -0.3 is 9.47 Å². The second-order valence-electron chi connectivity index (χ2n) is 10.5. The molecular weight excluding hydrogens is 534 g/mol. The summed E-state index contributed by atoms with van der Waals surface area (Å²) in [6.07, 6.45) is -1.34. The van der Waals surface area contributed by atoms with Crippen molar-refractivity contribution in [1.82, 2.24) is 9.88 Å². The SMILES string of the molecule is CC1CN(C(=O)OC(C)(C)C)c2c(sc3ccc4nc(Br)ccc4c23)C(=O)N1C(=O)OC(C)(C)C. The fraction of sp³-hybridized carbons (Fsp3) is 0.440. The Balaban J connectivity index is 1.97. The molecule has 2 aromatic heterocycles. The van der Waals surface area contributed by atoms with E-state index in [4.69, 9.17) is 9.47 Å². The molecule has 0 bridgehead atoms. The first-order valence-corrected chi connectivity index (χ1v) is 12.9. The van der Waals surface area contributed by atoms with Crippen LogP contribution in [0, 0.1) is 0 Å². The summed E-state index contributed by atoms with van der Waals surface area (Å²) in [6, 6.07) is 6.81. The molecule has 1 unspecified atom stereocenters. The van der Waals surface area contributed by atoms with Crippen molar-refractivity contribution in [3.05, 3.63) is 33.7 Å². The fourth-order valence-electron chi connectivity index (χ4n) is 3.97. The van der Waals surface area contributed by atoms with Crippen molar-refractivity contribution < 1.29 is 23.9 Å². The number of ether oxygens (including phenoxy) is 2. The number of hydrogen-bond acceptors (Lipinski definition) is 7. The van der Waals surface area contributed by atoms with E-state index in [-0.39, 0.29) is 11.4 Å². The van der Waals surface area contributed by atoms with Gasteiger partial charge in [0, 0.05) is 15.5 Å². The highest BCUT2D eigenvalue weighted by Crippen LogP contribution is 2.45. The van der Waals surface area contributed by atoms with Gasteiger partial charge in [-0.2, -0.15) is 0 Å². The number of nitrogens with zero attached hydrogens (tertiary/aromatic N) is 3. The molecule has 186 valence electrons. The van der Waals surface area contributed by atoms with E-state index >= 15 is 0 Å². The number of carbonyl (C=O) groups is 3. The van der Waals surface area contributed by atoms with Crippen LogP contribution in [-0.2, 0) is 9.47 Å². The van der Waals surface area contributed by atoms with Gasteiger partial charge in [-0.15, -0.1) is 11.3 Å². The average molecular weight is 562 g/mol. The molecule has 8 nitrogen and oxygen atoms in total. The third-order valence-electron chi connectivity index (χ3n) is 5.24. The minimum absolute atomic E-state index is 0.0546. The summed E-state index contributed by atoms with van der Waals surface area (Å²) in [4.78, 5) is 47.8. The summed E-state index contributed by atoms with van der Waals surface area (Å²) in [5.74, 6) is -0.507. The van der Waals surface area contributed by atoms with Crippen LogP contribution < -0.4 is 4.90 Å². The number of benzene rings is 1. The van der Waals surface area contributed by atoms with Gasteiger partial charge >= 0.3 is 12.2 Å². The topological polar surface area (TPSA) is 89.0 Å². The zero-order chi connectivity index (χ0) is 25.9. The van der Waals surface area contributed by atoms with Crippen molar-refractivity contribution in [3.63, 3.8) is 0 Å². The smallest absolute Gasteiger partial charge is 0.417 e. The summed E-state index contributed by atoms with van der Waals surface area (Å²) in [7, 11) is 0. The van der Waals surface area contributed by atoms with E-state index in [2.05, 4.69) is 20.9 Å². The maximum absolute atomic E-state index is 13.8. The third kappa shape index (κ3) is 4.99. The van der Waals surface area contributed by atoms with Crippen LogP contribution in [0.1, 0.15) is 58.1 Å². The number of imide groups is 1. The van der Waals surface area contributed by atoms with Crippen LogP contribution in [0.4, 0.5) is 15.3 Å². The Kier molecular flexibility index (Phi) is 6.34. The van der Waals surface area contributed by atoms with Gasteiger partial charge in [-0.1, -0.05) is 0 Å². The third-order valence-corrected chi connectivity index (χ3v) is 6.81. The van der Waals surface area contributed by atoms with Crippen LogP contribution in [0.25, 0.3) is 21.0 Å². The Morgan fingerprint density at radius 2 is 1.66 bits per heavy atom. The number of fused-ring (bicyclic) bond motifs is 5. The fourth-order valence-corrected chi connectivity index (χ4v) is 5.45. The maximum atomic E-state index is 13.8. The molecule has 4 rings (SSSR count). The lowest BCUT2D eigenvalue weighted by Gasteiger charge is -2.31. The Bertz CT molecular complexity index is 1360. The first-order chi connectivity index (χ1) is 16.2. The lowest BCUT2D eigenvalue weighted by molar-refractivity contribution is 0.0182. The highest BCUT2D eigenvalue weighted by Gasteiger charge is 2.42. The molecule has 1 aliphatic rings. The number of rotatable bonds is 0. The summed E-state index contributed by atoms with van der Waals surface area (Å²) in [5, 5.41) is 1.52. The maximum Gasteiger partial charge on any atom is 0.417 e. The predicted octanol–water partition coefficient (Wildman–Crippen LogP) is 6.73. The van der Waals surface area contributed by atoms with Gasteiger partial charge in [-0.05, 0) is 88.7 Å². The summed E-state index contributed by atoms with van der Waals surface area (Å²) < 4.78 is 12.7. The predicted molar refractivity (Wildman–Crippen MR) is 140 cm³/mol. The lowest BCUT2D eigenvalue weighted by atomic mass is 10.1. The van der Waals surface area contributed by atoms with Crippen LogP contribution in [0.2, 0.25) is 0 Å². The molecule has 1 aliphatic heterocycles. The largest absolute Gasteiger partial charge is 0.443 e. The minimum atomic E-state index is -0.785.